The first-order valence-electron chi connectivity index (χ1n) is 6.02. The highest BCUT2D eigenvalue weighted by Gasteiger charge is 2.05. The number of halogens is 1. The van der Waals surface area contributed by atoms with Gasteiger partial charge in [0.2, 0.25) is 0 Å². The van der Waals surface area contributed by atoms with Gasteiger partial charge in [0.15, 0.2) is 0 Å². The number of carboxylic acid groups (broad SMARTS) is 1. The predicted molar refractivity (Wildman–Crippen MR) is 69.6 cm³/mol. The first-order valence-corrected chi connectivity index (χ1v) is 6.02. The summed E-state index contributed by atoms with van der Waals surface area (Å²) in [6.45, 7) is 2.15. The predicted octanol–water partition coefficient (Wildman–Crippen LogP) is 2.51. The molecule has 0 unspecified atom stereocenters. The van der Waals surface area contributed by atoms with E-state index >= 15 is 0 Å². The van der Waals surface area contributed by atoms with E-state index < -0.39 is 17.8 Å². The Bertz CT molecular complexity index is 463. The SMILES string of the molecule is Cc1ccc(F)cc1NC(=O)NCCCCC(=O)O. The molecule has 6 heteroatoms. The Kier molecular flexibility index (Phi) is 5.78. The van der Waals surface area contributed by atoms with E-state index in [-0.39, 0.29) is 6.42 Å². The Morgan fingerprint density at radius 3 is 2.74 bits per heavy atom. The number of hydrogen-bond donors (Lipinski definition) is 3. The van der Waals surface area contributed by atoms with Crippen molar-refractivity contribution in [3.05, 3.63) is 29.6 Å². The molecule has 0 fully saturated rings. The van der Waals surface area contributed by atoms with Crippen LogP contribution in [0.2, 0.25) is 0 Å². The maximum atomic E-state index is 13.0. The Morgan fingerprint density at radius 1 is 1.32 bits per heavy atom. The van der Waals surface area contributed by atoms with Crippen LogP contribution < -0.4 is 10.6 Å². The van der Waals surface area contributed by atoms with Crippen molar-refractivity contribution >= 4 is 17.7 Å². The van der Waals surface area contributed by atoms with Crippen molar-refractivity contribution in [2.75, 3.05) is 11.9 Å². The zero-order chi connectivity index (χ0) is 14.3. The molecule has 19 heavy (non-hydrogen) atoms. The second kappa shape index (κ2) is 7.35. The molecular weight excluding hydrogens is 251 g/mol. The molecule has 0 aliphatic carbocycles. The van der Waals surface area contributed by atoms with Crippen molar-refractivity contribution < 1.29 is 19.1 Å². The summed E-state index contributed by atoms with van der Waals surface area (Å²) in [5, 5.41) is 13.6. The number of nitrogens with one attached hydrogen (secondary N) is 2. The molecule has 5 nitrogen and oxygen atoms in total. The molecule has 0 saturated heterocycles. The van der Waals surface area contributed by atoms with Crippen LogP contribution in [0.25, 0.3) is 0 Å². The molecule has 104 valence electrons. The van der Waals surface area contributed by atoms with E-state index in [1.165, 1.54) is 12.1 Å². The first-order chi connectivity index (χ1) is 8.99. The summed E-state index contributed by atoms with van der Waals surface area (Å²) >= 11 is 0. The summed E-state index contributed by atoms with van der Waals surface area (Å²) in [6, 6.07) is 3.73. The molecule has 0 atom stereocenters. The molecule has 0 aliphatic heterocycles. The molecule has 0 aromatic heterocycles. The summed E-state index contributed by atoms with van der Waals surface area (Å²) in [7, 11) is 0. The normalized spacial score (nSPS) is 10.0. The van der Waals surface area contributed by atoms with Crippen molar-refractivity contribution in [2.24, 2.45) is 0 Å². The standard InChI is InChI=1S/C13H17FN2O3/c1-9-5-6-10(14)8-11(9)16-13(19)15-7-3-2-4-12(17)18/h5-6,8H,2-4,7H2,1H3,(H,17,18)(H2,15,16,19). The molecule has 0 aliphatic rings. The van der Waals surface area contributed by atoms with Crippen molar-refractivity contribution in [3.8, 4) is 0 Å². The van der Waals surface area contributed by atoms with E-state index in [2.05, 4.69) is 10.6 Å². The van der Waals surface area contributed by atoms with E-state index in [0.717, 1.165) is 5.56 Å². The lowest BCUT2D eigenvalue weighted by molar-refractivity contribution is -0.137. The Labute approximate surface area is 110 Å². The van der Waals surface area contributed by atoms with E-state index in [9.17, 15) is 14.0 Å². The summed E-state index contributed by atoms with van der Waals surface area (Å²) in [5.41, 5.74) is 1.19. The third-order valence-corrected chi connectivity index (χ3v) is 2.55. The van der Waals surface area contributed by atoms with Crippen LogP contribution in [-0.2, 0) is 4.79 Å². The van der Waals surface area contributed by atoms with Crippen LogP contribution in [0.4, 0.5) is 14.9 Å². The second-order valence-electron chi connectivity index (χ2n) is 4.19. The zero-order valence-electron chi connectivity index (χ0n) is 10.7. The topological polar surface area (TPSA) is 78.4 Å². The van der Waals surface area contributed by atoms with Crippen LogP contribution in [0.1, 0.15) is 24.8 Å². The molecule has 0 saturated carbocycles. The number of carbonyl (C=O) groups excluding carboxylic acids is 1. The van der Waals surface area contributed by atoms with Gasteiger partial charge in [-0.3, -0.25) is 4.79 Å². The van der Waals surface area contributed by atoms with Crippen LogP contribution in [0.5, 0.6) is 0 Å². The number of rotatable bonds is 6. The minimum atomic E-state index is -0.847. The van der Waals surface area contributed by atoms with Gasteiger partial charge in [0.05, 0.1) is 0 Å². The highest BCUT2D eigenvalue weighted by molar-refractivity contribution is 5.90. The monoisotopic (exact) mass is 268 g/mol. The van der Waals surface area contributed by atoms with Crippen LogP contribution >= 0.6 is 0 Å². The molecule has 3 N–H and O–H groups in total. The molecule has 2 amide bonds. The van der Waals surface area contributed by atoms with E-state index in [0.29, 0.717) is 25.1 Å². The van der Waals surface area contributed by atoms with Gasteiger partial charge in [-0.25, -0.2) is 9.18 Å². The number of aliphatic carboxylic acids is 1. The lowest BCUT2D eigenvalue weighted by Crippen LogP contribution is -2.29. The molecule has 0 spiro atoms. The van der Waals surface area contributed by atoms with Crippen LogP contribution in [-0.4, -0.2) is 23.7 Å². The molecule has 0 radical (unpaired) electrons. The Hall–Kier alpha value is -2.11. The molecule has 1 aromatic rings. The third kappa shape index (κ3) is 5.85. The average Bonchev–Trinajstić information content (AvgIpc) is 2.33. The number of anilines is 1. The second-order valence-corrected chi connectivity index (χ2v) is 4.19. The first kappa shape index (κ1) is 14.9. The van der Waals surface area contributed by atoms with Crippen molar-refractivity contribution in [1.82, 2.24) is 5.32 Å². The van der Waals surface area contributed by atoms with Gasteiger partial charge in [-0.15, -0.1) is 0 Å². The summed E-state index contributed by atoms with van der Waals surface area (Å²) in [4.78, 5) is 21.8. The fourth-order valence-electron chi connectivity index (χ4n) is 1.50. The molecular formula is C13H17FN2O3. The van der Waals surface area contributed by atoms with Gasteiger partial charge in [0, 0.05) is 18.7 Å². The molecule has 1 rings (SSSR count). The van der Waals surface area contributed by atoms with Crippen LogP contribution in [0, 0.1) is 12.7 Å². The number of benzene rings is 1. The smallest absolute Gasteiger partial charge is 0.319 e. The zero-order valence-corrected chi connectivity index (χ0v) is 10.7. The van der Waals surface area contributed by atoms with Crippen molar-refractivity contribution in [1.29, 1.82) is 0 Å². The average molecular weight is 268 g/mol. The minimum absolute atomic E-state index is 0.0896. The minimum Gasteiger partial charge on any atom is -0.481 e. The molecule has 0 heterocycles. The van der Waals surface area contributed by atoms with Gasteiger partial charge in [0.1, 0.15) is 5.82 Å². The number of carbonyl (C=O) groups is 2. The largest absolute Gasteiger partial charge is 0.481 e. The summed E-state index contributed by atoms with van der Waals surface area (Å²) in [6.07, 6.45) is 1.18. The Balaban J connectivity index is 2.31. The maximum absolute atomic E-state index is 13.0. The van der Waals surface area contributed by atoms with Crippen LogP contribution in [0.3, 0.4) is 0 Å². The maximum Gasteiger partial charge on any atom is 0.319 e. The summed E-state index contributed by atoms with van der Waals surface area (Å²) in [5.74, 6) is -1.26. The molecule has 0 bridgehead atoms. The fraction of sp³-hybridized carbons (Fsp3) is 0.385. The lowest BCUT2D eigenvalue weighted by atomic mass is 10.2. The van der Waals surface area contributed by atoms with Gasteiger partial charge < -0.3 is 15.7 Å². The Morgan fingerprint density at radius 2 is 2.05 bits per heavy atom. The van der Waals surface area contributed by atoms with E-state index in [1.807, 2.05) is 0 Å². The van der Waals surface area contributed by atoms with E-state index in [4.69, 9.17) is 5.11 Å². The lowest BCUT2D eigenvalue weighted by Gasteiger charge is -2.09. The number of unbranched alkanes of at least 4 members (excludes halogenated alkanes) is 1. The number of urea groups is 1. The quantitative estimate of drug-likeness (QED) is 0.694. The third-order valence-electron chi connectivity index (χ3n) is 2.55. The highest BCUT2D eigenvalue weighted by Crippen LogP contribution is 2.15. The number of amides is 2. The van der Waals surface area contributed by atoms with Gasteiger partial charge >= 0.3 is 12.0 Å². The number of hydrogen-bond acceptors (Lipinski definition) is 2. The number of aryl methyl sites for hydroxylation is 1. The van der Waals surface area contributed by atoms with Gasteiger partial charge in [-0.2, -0.15) is 0 Å². The van der Waals surface area contributed by atoms with Crippen molar-refractivity contribution in [3.63, 3.8) is 0 Å². The van der Waals surface area contributed by atoms with Gasteiger partial charge in [-0.1, -0.05) is 6.07 Å². The van der Waals surface area contributed by atoms with E-state index in [1.54, 1.807) is 13.0 Å². The number of carboxylic acids is 1. The van der Waals surface area contributed by atoms with Crippen molar-refractivity contribution in [2.45, 2.75) is 26.2 Å². The molecule has 1 aromatic carbocycles. The van der Waals surface area contributed by atoms with Crippen LogP contribution in [0.15, 0.2) is 18.2 Å². The fourth-order valence-corrected chi connectivity index (χ4v) is 1.50. The van der Waals surface area contributed by atoms with Gasteiger partial charge in [-0.05, 0) is 37.5 Å². The summed E-state index contributed by atoms with van der Waals surface area (Å²) < 4.78 is 13.0. The van der Waals surface area contributed by atoms with Gasteiger partial charge in [0.25, 0.3) is 0 Å². The highest BCUT2D eigenvalue weighted by atomic mass is 19.1.